The van der Waals surface area contributed by atoms with Crippen molar-refractivity contribution in [1.29, 1.82) is 0 Å². The zero-order chi connectivity index (χ0) is 14.3. The zero-order valence-electron chi connectivity index (χ0n) is 11.2. The molecule has 0 amide bonds. The molecule has 2 N–H and O–H groups in total. The van der Waals surface area contributed by atoms with Crippen LogP contribution < -0.4 is 5.73 Å². The van der Waals surface area contributed by atoms with E-state index < -0.39 is 0 Å². The molecule has 0 saturated heterocycles. The Balaban J connectivity index is 2.36. The molecule has 0 unspecified atom stereocenters. The summed E-state index contributed by atoms with van der Waals surface area (Å²) in [4.78, 5) is 9.07. The SMILES string of the molecule is CC(C)c1cc(-c2csc(N)n2)c2cccc(Cl)c2n1. The molecule has 3 rings (SSSR count). The third kappa shape index (κ3) is 2.25. The number of aromatic nitrogens is 2. The fourth-order valence-electron chi connectivity index (χ4n) is 2.15. The lowest BCUT2D eigenvalue weighted by Crippen LogP contribution is -1.96. The van der Waals surface area contributed by atoms with Gasteiger partial charge >= 0.3 is 0 Å². The first-order valence-electron chi connectivity index (χ1n) is 6.37. The molecular formula is C15H14ClN3S. The number of benzene rings is 1. The molecule has 0 atom stereocenters. The zero-order valence-corrected chi connectivity index (χ0v) is 12.8. The number of para-hydroxylation sites is 1. The summed E-state index contributed by atoms with van der Waals surface area (Å²) in [5.41, 5.74) is 9.50. The van der Waals surface area contributed by atoms with Crippen LogP contribution in [0.25, 0.3) is 22.2 Å². The van der Waals surface area contributed by atoms with E-state index in [1.54, 1.807) is 0 Å². The first-order chi connectivity index (χ1) is 9.56. The van der Waals surface area contributed by atoms with E-state index >= 15 is 0 Å². The van der Waals surface area contributed by atoms with E-state index in [2.05, 4.69) is 29.9 Å². The van der Waals surface area contributed by atoms with Gasteiger partial charge in [0.05, 0.1) is 16.2 Å². The van der Waals surface area contributed by atoms with Crippen molar-refractivity contribution in [3.63, 3.8) is 0 Å². The molecule has 1 aromatic carbocycles. The maximum atomic E-state index is 6.29. The molecule has 0 bridgehead atoms. The van der Waals surface area contributed by atoms with Crippen LogP contribution in [-0.2, 0) is 0 Å². The number of thiazole rings is 1. The third-order valence-electron chi connectivity index (χ3n) is 3.20. The van der Waals surface area contributed by atoms with Gasteiger partial charge in [-0.05, 0) is 18.1 Å². The minimum Gasteiger partial charge on any atom is -0.375 e. The number of rotatable bonds is 2. The number of hydrogen-bond acceptors (Lipinski definition) is 4. The number of nitrogens with two attached hydrogens (primary N) is 1. The standard InChI is InChI=1S/C15H14ClN3S/c1-8(2)12-6-10(13-7-20-15(17)19-13)9-4-3-5-11(16)14(9)18-12/h3-8H,1-2H3,(H2,17,19). The van der Waals surface area contributed by atoms with Crippen LogP contribution in [0.1, 0.15) is 25.5 Å². The summed E-state index contributed by atoms with van der Waals surface area (Å²) in [7, 11) is 0. The quantitative estimate of drug-likeness (QED) is 0.745. The molecule has 0 saturated carbocycles. The summed E-state index contributed by atoms with van der Waals surface area (Å²) < 4.78 is 0. The van der Waals surface area contributed by atoms with Crippen LogP contribution in [0.2, 0.25) is 5.02 Å². The monoisotopic (exact) mass is 303 g/mol. The van der Waals surface area contributed by atoms with Crippen molar-refractivity contribution in [3.8, 4) is 11.3 Å². The van der Waals surface area contributed by atoms with Gasteiger partial charge in [-0.2, -0.15) is 0 Å². The summed E-state index contributed by atoms with van der Waals surface area (Å²) in [6, 6.07) is 7.89. The molecule has 20 heavy (non-hydrogen) atoms. The van der Waals surface area contributed by atoms with Gasteiger partial charge < -0.3 is 5.73 Å². The van der Waals surface area contributed by atoms with Crippen LogP contribution in [0.4, 0.5) is 5.13 Å². The number of pyridine rings is 1. The van der Waals surface area contributed by atoms with E-state index in [1.165, 1.54) is 11.3 Å². The number of hydrogen-bond donors (Lipinski definition) is 1. The van der Waals surface area contributed by atoms with Crippen molar-refractivity contribution in [2.75, 3.05) is 5.73 Å². The fourth-order valence-corrected chi connectivity index (χ4v) is 2.93. The molecular weight excluding hydrogens is 290 g/mol. The minimum atomic E-state index is 0.324. The molecule has 3 nitrogen and oxygen atoms in total. The largest absolute Gasteiger partial charge is 0.375 e. The molecule has 102 valence electrons. The lowest BCUT2D eigenvalue weighted by Gasteiger charge is -2.11. The molecule has 0 radical (unpaired) electrons. The second-order valence-corrected chi connectivity index (χ2v) is 6.25. The van der Waals surface area contributed by atoms with Crippen molar-refractivity contribution in [3.05, 3.63) is 40.4 Å². The number of nitrogens with zero attached hydrogens (tertiary/aromatic N) is 2. The third-order valence-corrected chi connectivity index (χ3v) is 4.18. The Kier molecular flexibility index (Phi) is 3.36. The normalized spacial score (nSPS) is 11.4. The van der Waals surface area contributed by atoms with Crippen LogP contribution in [-0.4, -0.2) is 9.97 Å². The van der Waals surface area contributed by atoms with Gasteiger partial charge in [-0.15, -0.1) is 11.3 Å². The van der Waals surface area contributed by atoms with Crippen LogP contribution in [0.3, 0.4) is 0 Å². The van der Waals surface area contributed by atoms with Crippen molar-refractivity contribution in [2.24, 2.45) is 0 Å². The molecule has 2 heterocycles. The Morgan fingerprint density at radius 3 is 2.70 bits per heavy atom. The van der Waals surface area contributed by atoms with Crippen LogP contribution in [0.5, 0.6) is 0 Å². The van der Waals surface area contributed by atoms with Crippen LogP contribution in [0, 0.1) is 0 Å². The topological polar surface area (TPSA) is 51.8 Å². The highest BCUT2D eigenvalue weighted by atomic mass is 35.5. The van der Waals surface area contributed by atoms with Gasteiger partial charge in [0.15, 0.2) is 5.13 Å². The minimum absolute atomic E-state index is 0.324. The lowest BCUT2D eigenvalue weighted by atomic mass is 10.0. The van der Waals surface area contributed by atoms with Crippen molar-refractivity contribution < 1.29 is 0 Å². The average Bonchev–Trinajstić information content (AvgIpc) is 2.84. The first kappa shape index (κ1) is 13.3. The lowest BCUT2D eigenvalue weighted by molar-refractivity contribution is 0.830. The second-order valence-electron chi connectivity index (χ2n) is 4.96. The summed E-state index contributed by atoms with van der Waals surface area (Å²) >= 11 is 7.73. The molecule has 0 aliphatic carbocycles. The Hall–Kier alpha value is -1.65. The predicted molar refractivity (Wildman–Crippen MR) is 86.4 cm³/mol. The van der Waals surface area contributed by atoms with Crippen molar-refractivity contribution in [1.82, 2.24) is 9.97 Å². The van der Waals surface area contributed by atoms with Crippen LogP contribution in [0.15, 0.2) is 29.6 Å². The Bertz CT molecular complexity index is 780. The van der Waals surface area contributed by atoms with E-state index in [4.69, 9.17) is 17.3 Å². The predicted octanol–water partition coefficient (Wildman–Crippen LogP) is 4.72. The molecule has 0 aliphatic heterocycles. The van der Waals surface area contributed by atoms with Gasteiger partial charge in [0.1, 0.15) is 0 Å². The van der Waals surface area contributed by atoms with Gasteiger partial charge in [0.25, 0.3) is 0 Å². The Morgan fingerprint density at radius 2 is 2.05 bits per heavy atom. The molecule has 0 spiro atoms. The van der Waals surface area contributed by atoms with Crippen LogP contribution >= 0.6 is 22.9 Å². The number of nitrogen functional groups attached to an aromatic ring is 1. The first-order valence-corrected chi connectivity index (χ1v) is 7.62. The highest BCUT2D eigenvalue weighted by molar-refractivity contribution is 7.13. The van der Waals surface area contributed by atoms with Crippen molar-refractivity contribution >= 4 is 39.0 Å². The van der Waals surface area contributed by atoms with E-state index in [1.807, 2.05) is 23.6 Å². The molecule has 0 fully saturated rings. The van der Waals surface area contributed by atoms with Gasteiger partial charge in [-0.3, -0.25) is 4.98 Å². The van der Waals surface area contributed by atoms with E-state index in [9.17, 15) is 0 Å². The van der Waals surface area contributed by atoms with Gasteiger partial charge in [0, 0.05) is 22.0 Å². The smallest absolute Gasteiger partial charge is 0.180 e. The summed E-state index contributed by atoms with van der Waals surface area (Å²) in [5.74, 6) is 0.324. The molecule has 5 heteroatoms. The van der Waals surface area contributed by atoms with E-state index in [0.29, 0.717) is 16.1 Å². The maximum Gasteiger partial charge on any atom is 0.180 e. The highest BCUT2D eigenvalue weighted by Gasteiger charge is 2.13. The summed E-state index contributed by atoms with van der Waals surface area (Å²) in [6.07, 6.45) is 0. The Morgan fingerprint density at radius 1 is 1.25 bits per heavy atom. The van der Waals surface area contributed by atoms with Crippen molar-refractivity contribution in [2.45, 2.75) is 19.8 Å². The number of fused-ring (bicyclic) bond motifs is 1. The molecule has 0 aliphatic rings. The average molecular weight is 304 g/mol. The second kappa shape index (κ2) is 5.04. The number of halogens is 1. The Labute approximate surface area is 126 Å². The summed E-state index contributed by atoms with van der Waals surface area (Å²) in [6.45, 7) is 4.23. The summed E-state index contributed by atoms with van der Waals surface area (Å²) in [5, 5.41) is 4.20. The highest BCUT2D eigenvalue weighted by Crippen LogP contribution is 2.34. The van der Waals surface area contributed by atoms with Gasteiger partial charge in [0.2, 0.25) is 0 Å². The van der Waals surface area contributed by atoms with Gasteiger partial charge in [-0.25, -0.2) is 4.98 Å². The van der Waals surface area contributed by atoms with E-state index in [0.717, 1.165) is 27.9 Å². The maximum absolute atomic E-state index is 6.29. The fraction of sp³-hybridized carbons (Fsp3) is 0.200. The van der Waals surface area contributed by atoms with E-state index in [-0.39, 0.29) is 0 Å². The molecule has 3 aromatic rings. The number of anilines is 1. The van der Waals surface area contributed by atoms with Gasteiger partial charge in [-0.1, -0.05) is 37.6 Å². The molecule has 2 aromatic heterocycles.